The van der Waals surface area contributed by atoms with E-state index >= 15 is 0 Å². The molecular formula is C21H21ClN4O. The van der Waals surface area contributed by atoms with Gasteiger partial charge >= 0.3 is 0 Å². The molecule has 0 bridgehead atoms. The number of halogens is 1. The molecule has 0 aliphatic rings. The van der Waals surface area contributed by atoms with Gasteiger partial charge in [-0.15, -0.1) is 0 Å². The minimum atomic E-state index is -0.151. The molecule has 138 valence electrons. The summed E-state index contributed by atoms with van der Waals surface area (Å²) in [7, 11) is 0. The highest BCUT2D eigenvalue weighted by Gasteiger charge is 2.13. The summed E-state index contributed by atoms with van der Waals surface area (Å²) in [4.78, 5) is 16.4. The van der Waals surface area contributed by atoms with Gasteiger partial charge in [0.05, 0.1) is 5.69 Å². The van der Waals surface area contributed by atoms with E-state index in [9.17, 15) is 4.79 Å². The van der Waals surface area contributed by atoms with E-state index in [1.165, 1.54) is 6.08 Å². The molecule has 0 saturated heterocycles. The van der Waals surface area contributed by atoms with Crippen molar-refractivity contribution in [1.82, 2.24) is 20.1 Å². The van der Waals surface area contributed by atoms with Gasteiger partial charge in [-0.05, 0) is 55.7 Å². The lowest BCUT2D eigenvalue weighted by atomic mass is 10.1. The van der Waals surface area contributed by atoms with Crippen LogP contribution in [0.2, 0.25) is 5.02 Å². The summed E-state index contributed by atoms with van der Waals surface area (Å²) in [6.45, 7) is 4.52. The maximum absolute atomic E-state index is 12.0. The first kappa shape index (κ1) is 18.9. The minimum Gasteiger partial charge on any atom is -0.352 e. The van der Waals surface area contributed by atoms with E-state index < -0.39 is 0 Å². The molecule has 1 amide bonds. The number of aromatic nitrogens is 3. The SMILES string of the molecule is Cc1nn(-c2ccccn2)c(C)c1CCNC(=O)/C=C/c1ccccc1Cl. The number of aryl methyl sites for hydroxylation is 1. The second-order valence-electron chi connectivity index (χ2n) is 6.14. The summed E-state index contributed by atoms with van der Waals surface area (Å²) in [5.41, 5.74) is 3.92. The van der Waals surface area contributed by atoms with Crippen LogP contribution in [0, 0.1) is 13.8 Å². The van der Waals surface area contributed by atoms with Gasteiger partial charge in [0, 0.05) is 29.5 Å². The smallest absolute Gasteiger partial charge is 0.244 e. The largest absolute Gasteiger partial charge is 0.352 e. The molecule has 0 fully saturated rings. The number of benzene rings is 1. The quantitative estimate of drug-likeness (QED) is 0.659. The number of carbonyl (C=O) groups is 1. The average molecular weight is 381 g/mol. The Labute approximate surface area is 163 Å². The van der Waals surface area contributed by atoms with Crippen molar-refractivity contribution in [3.8, 4) is 5.82 Å². The number of nitrogens with zero attached hydrogens (tertiary/aromatic N) is 3. The molecular weight excluding hydrogens is 360 g/mol. The van der Waals surface area contributed by atoms with Crippen molar-refractivity contribution in [3.05, 3.63) is 82.3 Å². The first-order valence-corrected chi connectivity index (χ1v) is 9.11. The lowest BCUT2D eigenvalue weighted by Gasteiger charge is -2.05. The van der Waals surface area contributed by atoms with Crippen molar-refractivity contribution >= 4 is 23.6 Å². The van der Waals surface area contributed by atoms with Gasteiger partial charge < -0.3 is 5.32 Å². The molecule has 1 aromatic carbocycles. The minimum absolute atomic E-state index is 0.151. The van der Waals surface area contributed by atoms with Crippen molar-refractivity contribution in [1.29, 1.82) is 0 Å². The Bertz CT molecular complexity index is 964. The number of pyridine rings is 1. The van der Waals surface area contributed by atoms with Crippen LogP contribution in [0.25, 0.3) is 11.9 Å². The summed E-state index contributed by atoms with van der Waals surface area (Å²) >= 11 is 6.08. The first-order valence-electron chi connectivity index (χ1n) is 8.73. The van der Waals surface area contributed by atoms with Gasteiger partial charge in [0.1, 0.15) is 0 Å². The van der Waals surface area contributed by atoms with Crippen molar-refractivity contribution in [3.63, 3.8) is 0 Å². The Kier molecular flexibility index (Phi) is 6.04. The number of hydrogen-bond donors (Lipinski definition) is 1. The van der Waals surface area contributed by atoms with Crippen LogP contribution in [0.15, 0.2) is 54.7 Å². The molecule has 0 unspecified atom stereocenters. The van der Waals surface area contributed by atoms with Crippen LogP contribution in [-0.2, 0) is 11.2 Å². The van der Waals surface area contributed by atoms with E-state index in [1.54, 1.807) is 18.3 Å². The Morgan fingerprint density at radius 2 is 1.96 bits per heavy atom. The molecule has 0 atom stereocenters. The van der Waals surface area contributed by atoms with E-state index in [1.807, 2.05) is 54.9 Å². The third kappa shape index (κ3) is 4.63. The van der Waals surface area contributed by atoms with Gasteiger partial charge in [0.15, 0.2) is 5.82 Å². The number of hydrogen-bond acceptors (Lipinski definition) is 3. The lowest BCUT2D eigenvalue weighted by Crippen LogP contribution is -2.23. The van der Waals surface area contributed by atoms with Crippen LogP contribution >= 0.6 is 11.6 Å². The third-order valence-corrected chi connectivity index (χ3v) is 4.65. The molecule has 0 aliphatic carbocycles. The monoisotopic (exact) mass is 380 g/mol. The number of nitrogens with one attached hydrogen (secondary N) is 1. The zero-order valence-electron chi connectivity index (χ0n) is 15.3. The van der Waals surface area contributed by atoms with Gasteiger partial charge in [-0.25, -0.2) is 9.67 Å². The molecule has 0 spiro atoms. The van der Waals surface area contributed by atoms with Crippen LogP contribution in [0.4, 0.5) is 0 Å². The van der Waals surface area contributed by atoms with Gasteiger partial charge in [-0.3, -0.25) is 4.79 Å². The molecule has 2 heterocycles. The van der Waals surface area contributed by atoms with Crippen LogP contribution < -0.4 is 5.32 Å². The zero-order valence-corrected chi connectivity index (χ0v) is 16.1. The van der Waals surface area contributed by atoms with Gasteiger partial charge in [-0.2, -0.15) is 5.10 Å². The topological polar surface area (TPSA) is 59.8 Å². The second kappa shape index (κ2) is 8.64. The molecule has 0 aliphatic heterocycles. The fourth-order valence-corrected chi connectivity index (χ4v) is 3.08. The Balaban J connectivity index is 1.60. The van der Waals surface area contributed by atoms with Crippen molar-refractivity contribution in [2.45, 2.75) is 20.3 Å². The zero-order chi connectivity index (χ0) is 19.2. The number of rotatable bonds is 6. The summed E-state index contributed by atoms with van der Waals surface area (Å²) in [5, 5.41) is 8.10. The Morgan fingerprint density at radius 1 is 1.19 bits per heavy atom. The van der Waals surface area contributed by atoms with E-state index in [4.69, 9.17) is 11.6 Å². The maximum atomic E-state index is 12.0. The third-order valence-electron chi connectivity index (χ3n) is 4.30. The van der Waals surface area contributed by atoms with E-state index in [0.717, 1.165) is 28.3 Å². The van der Waals surface area contributed by atoms with Crippen molar-refractivity contribution in [2.24, 2.45) is 0 Å². The normalized spacial score (nSPS) is 11.1. The predicted molar refractivity (Wildman–Crippen MR) is 108 cm³/mol. The molecule has 27 heavy (non-hydrogen) atoms. The maximum Gasteiger partial charge on any atom is 0.244 e. The standard InChI is InChI=1S/C21H21ClN4O/c1-15-18(16(2)26(25-15)20-9-5-6-13-23-20)12-14-24-21(27)11-10-17-7-3-4-8-19(17)22/h3-11,13H,12,14H2,1-2H3,(H,24,27)/b11-10+. The molecule has 3 rings (SSSR count). The fraction of sp³-hybridized carbons (Fsp3) is 0.190. The average Bonchev–Trinajstić information content (AvgIpc) is 2.96. The van der Waals surface area contributed by atoms with Crippen LogP contribution in [0.5, 0.6) is 0 Å². The molecule has 0 radical (unpaired) electrons. The molecule has 6 heteroatoms. The van der Waals surface area contributed by atoms with Crippen LogP contribution in [0.1, 0.15) is 22.5 Å². The highest BCUT2D eigenvalue weighted by molar-refractivity contribution is 6.32. The second-order valence-corrected chi connectivity index (χ2v) is 6.55. The molecule has 2 aromatic heterocycles. The van der Waals surface area contributed by atoms with E-state index in [2.05, 4.69) is 15.4 Å². The molecule has 1 N–H and O–H groups in total. The fourth-order valence-electron chi connectivity index (χ4n) is 2.88. The lowest BCUT2D eigenvalue weighted by molar-refractivity contribution is -0.116. The predicted octanol–water partition coefficient (Wildman–Crippen LogP) is 3.91. The summed E-state index contributed by atoms with van der Waals surface area (Å²) < 4.78 is 1.84. The summed E-state index contributed by atoms with van der Waals surface area (Å²) in [5.74, 6) is 0.637. The van der Waals surface area contributed by atoms with Gasteiger partial charge in [0.2, 0.25) is 5.91 Å². The Hall–Kier alpha value is -2.92. The molecule has 5 nitrogen and oxygen atoms in total. The highest BCUT2D eigenvalue weighted by Crippen LogP contribution is 2.17. The Morgan fingerprint density at radius 3 is 2.70 bits per heavy atom. The highest BCUT2D eigenvalue weighted by atomic mass is 35.5. The molecule has 3 aromatic rings. The van der Waals surface area contributed by atoms with Gasteiger partial charge in [-0.1, -0.05) is 35.9 Å². The number of amides is 1. The van der Waals surface area contributed by atoms with Crippen LogP contribution in [0.3, 0.4) is 0 Å². The van der Waals surface area contributed by atoms with Crippen molar-refractivity contribution < 1.29 is 4.79 Å². The van der Waals surface area contributed by atoms with E-state index in [0.29, 0.717) is 18.0 Å². The summed E-state index contributed by atoms with van der Waals surface area (Å²) in [6, 6.07) is 13.1. The van der Waals surface area contributed by atoms with Gasteiger partial charge in [0.25, 0.3) is 0 Å². The first-order chi connectivity index (χ1) is 13.1. The van der Waals surface area contributed by atoms with E-state index in [-0.39, 0.29) is 5.91 Å². The summed E-state index contributed by atoms with van der Waals surface area (Å²) in [6.07, 6.45) is 5.67. The number of carbonyl (C=O) groups excluding carboxylic acids is 1. The van der Waals surface area contributed by atoms with Crippen LogP contribution in [-0.4, -0.2) is 27.2 Å². The van der Waals surface area contributed by atoms with Crippen molar-refractivity contribution in [2.75, 3.05) is 6.54 Å². The molecule has 0 saturated carbocycles.